The summed E-state index contributed by atoms with van der Waals surface area (Å²) in [7, 11) is 2.59. The lowest BCUT2D eigenvalue weighted by atomic mass is 10.0. The molecule has 1 saturated heterocycles. The number of esters is 1. The van der Waals surface area contributed by atoms with E-state index in [9.17, 15) is 18.8 Å². The second-order valence-electron chi connectivity index (χ2n) is 5.38. The second-order valence-corrected chi connectivity index (χ2v) is 5.38. The van der Waals surface area contributed by atoms with Crippen LogP contribution < -0.4 is 5.32 Å². The molecule has 1 N–H and O–H groups in total. The summed E-state index contributed by atoms with van der Waals surface area (Å²) in [5.74, 6) is -1.84. The lowest BCUT2D eigenvalue weighted by Gasteiger charge is -2.20. The summed E-state index contributed by atoms with van der Waals surface area (Å²) < 4.78 is 22.9. The summed E-state index contributed by atoms with van der Waals surface area (Å²) in [6, 6.07) is 2.89. The van der Waals surface area contributed by atoms with Crippen LogP contribution >= 0.6 is 0 Å². The first kappa shape index (κ1) is 16.9. The Bertz CT molecular complexity index is 663. The fourth-order valence-electron chi connectivity index (χ4n) is 2.43. The molecule has 0 aromatic heterocycles. The topological polar surface area (TPSA) is 84.9 Å². The van der Waals surface area contributed by atoms with Crippen LogP contribution in [0.25, 0.3) is 0 Å². The minimum Gasteiger partial charge on any atom is -0.465 e. The van der Waals surface area contributed by atoms with E-state index >= 15 is 0 Å². The smallest absolute Gasteiger partial charge is 0.338 e. The van der Waals surface area contributed by atoms with Gasteiger partial charge in [-0.3, -0.25) is 9.69 Å². The second kappa shape index (κ2) is 6.33. The minimum atomic E-state index is -1.17. The van der Waals surface area contributed by atoms with Gasteiger partial charge in [0.1, 0.15) is 11.4 Å². The third-order valence-electron chi connectivity index (χ3n) is 3.58. The average molecular weight is 324 g/mol. The molecule has 23 heavy (non-hydrogen) atoms. The summed E-state index contributed by atoms with van der Waals surface area (Å²) in [5.41, 5.74) is -0.894. The quantitative estimate of drug-likeness (QED) is 0.647. The Labute approximate surface area is 132 Å². The molecule has 7 nitrogen and oxygen atoms in total. The Morgan fingerprint density at radius 3 is 2.65 bits per heavy atom. The number of hydrogen-bond acceptors (Lipinski definition) is 5. The van der Waals surface area contributed by atoms with Gasteiger partial charge in [0.15, 0.2) is 0 Å². The van der Waals surface area contributed by atoms with Crippen LogP contribution in [0.15, 0.2) is 18.2 Å². The fourth-order valence-corrected chi connectivity index (χ4v) is 2.43. The molecule has 1 aliphatic heterocycles. The minimum absolute atomic E-state index is 0.0152. The Kier molecular flexibility index (Phi) is 4.65. The zero-order valence-electron chi connectivity index (χ0n) is 13.0. The van der Waals surface area contributed by atoms with E-state index in [1.54, 1.807) is 6.92 Å². The maximum absolute atomic E-state index is 13.4. The van der Waals surface area contributed by atoms with E-state index in [0.29, 0.717) is 5.56 Å². The standard InChI is InChI=1S/C15H17FN2O5/c1-15(8-22-2)13(20)18(14(21)17-15)7-9-4-5-10(16)6-11(9)12(19)23-3/h4-6H,7-8H2,1-3H3,(H,17,21). The van der Waals surface area contributed by atoms with Crippen molar-refractivity contribution in [3.05, 3.63) is 35.1 Å². The summed E-state index contributed by atoms with van der Waals surface area (Å²) in [6.45, 7) is 1.39. The molecule has 1 fully saturated rings. The van der Waals surface area contributed by atoms with Crippen molar-refractivity contribution in [2.45, 2.75) is 19.0 Å². The number of rotatable bonds is 5. The number of carbonyl (C=O) groups excluding carboxylic acids is 3. The highest BCUT2D eigenvalue weighted by atomic mass is 19.1. The highest BCUT2D eigenvalue weighted by molar-refractivity contribution is 6.07. The number of nitrogens with zero attached hydrogens (tertiary/aromatic N) is 1. The molecule has 0 saturated carbocycles. The first-order valence-corrected chi connectivity index (χ1v) is 6.82. The Morgan fingerprint density at radius 1 is 1.35 bits per heavy atom. The predicted octanol–water partition coefficient (Wildman–Crippen LogP) is 1.07. The van der Waals surface area contributed by atoms with E-state index in [0.717, 1.165) is 17.0 Å². The van der Waals surface area contributed by atoms with E-state index < -0.39 is 29.3 Å². The van der Waals surface area contributed by atoms with Crippen LogP contribution in [0.3, 0.4) is 0 Å². The van der Waals surface area contributed by atoms with E-state index in [-0.39, 0.29) is 18.7 Å². The third-order valence-corrected chi connectivity index (χ3v) is 3.58. The molecule has 0 bridgehead atoms. The first-order valence-electron chi connectivity index (χ1n) is 6.82. The summed E-state index contributed by atoms with van der Waals surface area (Å²) in [4.78, 5) is 37.2. The van der Waals surface area contributed by atoms with Crippen LogP contribution in [0.2, 0.25) is 0 Å². The van der Waals surface area contributed by atoms with Crippen LogP contribution in [-0.4, -0.2) is 49.2 Å². The number of imide groups is 1. The number of urea groups is 1. The molecule has 0 spiro atoms. The molecule has 1 atom stereocenters. The van der Waals surface area contributed by atoms with Gasteiger partial charge in [-0.05, 0) is 24.6 Å². The maximum Gasteiger partial charge on any atom is 0.338 e. The number of hydrogen-bond donors (Lipinski definition) is 1. The van der Waals surface area contributed by atoms with Crippen molar-refractivity contribution >= 4 is 17.9 Å². The third kappa shape index (κ3) is 3.16. The predicted molar refractivity (Wildman–Crippen MR) is 77.1 cm³/mol. The molecule has 0 radical (unpaired) electrons. The molecule has 8 heteroatoms. The van der Waals surface area contributed by atoms with Gasteiger partial charge in [-0.2, -0.15) is 0 Å². The molecule has 1 aromatic carbocycles. The zero-order valence-corrected chi connectivity index (χ0v) is 13.0. The summed E-state index contributed by atoms with van der Waals surface area (Å²) in [6.07, 6.45) is 0. The number of halogens is 1. The van der Waals surface area contributed by atoms with Crippen LogP contribution in [-0.2, 0) is 20.8 Å². The van der Waals surface area contributed by atoms with Gasteiger partial charge in [-0.1, -0.05) is 6.07 Å². The van der Waals surface area contributed by atoms with Crippen molar-refractivity contribution in [1.82, 2.24) is 10.2 Å². The van der Waals surface area contributed by atoms with Gasteiger partial charge >= 0.3 is 12.0 Å². The molecule has 1 aliphatic rings. The molecule has 3 amide bonds. The van der Waals surface area contributed by atoms with Crippen LogP contribution in [0.1, 0.15) is 22.8 Å². The first-order chi connectivity index (χ1) is 10.8. The number of methoxy groups -OCH3 is 2. The van der Waals surface area contributed by atoms with Gasteiger partial charge in [0, 0.05) is 7.11 Å². The fraction of sp³-hybridized carbons (Fsp3) is 0.400. The van der Waals surface area contributed by atoms with Gasteiger partial charge in [0.25, 0.3) is 5.91 Å². The molecule has 1 heterocycles. The van der Waals surface area contributed by atoms with Crippen molar-refractivity contribution in [1.29, 1.82) is 0 Å². The highest BCUT2D eigenvalue weighted by Crippen LogP contribution is 2.22. The lowest BCUT2D eigenvalue weighted by molar-refractivity contribution is -0.132. The van der Waals surface area contributed by atoms with Crippen molar-refractivity contribution < 1.29 is 28.2 Å². The number of carbonyl (C=O) groups is 3. The molecular weight excluding hydrogens is 307 g/mol. The number of ether oxygens (including phenoxy) is 2. The maximum atomic E-state index is 13.4. The summed E-state index contributed by atoms with van der Waals surface area (Å²) in [5, 5.41) is 2.55. The molecule has 2 rings (SSSR count). The van der Waals surface area contributed by atoms with Gasteiger partial charge in [-0.15, -0.1) is 0 Å². The van der Waals surface area contributed by atoms with Gasteiger partial charge < -0.3 is 14.8 Å². The van der Waals surface area contributed by atoms with Crippen molar-refractivity contribution in [3.63, 3.8) is 0 Å². The van der Waals surface area contributed by atoms with Gasteiger partial charge in [-0.25, -0.2) is 14.0 Å². The van der Waals surface area contributed by atoms with Crippen LogP contribution in [0, 0.1) is 5.82 Å². The van der Waals surface area contributed by atoms with Crippen LogP contribution in [0.5, 0.6) is 0 Å². The summed E-state index contributed by atoms with van der Waals surface area (Å²) >= 11 is 0. The number of amides is 3. The average Bonchev–Trinajstić information content (AvgIpc) is 2.71. The largest absolute Gasteiger partial charge is 0.465 e. The lowest BCUT2D eigenvalue weighted by Crippen LogP contribution is -2.47. The van der Waals surface area contributed by atoms with Crippen molar-refractivity contribution in [2.75, 3.05) is 20.8 Å². The van der Waals surface area contributed by atoms with Crippen molar-refractivity contribution in [2.24, 2.45) is 0 Å². The molecule has 124 valence electrons. The van der Waals surface area contributed by atoms with E-state index in [1.807, 2.05) is 0 Å². The SMILES string of the molecule is COCC1(C)NC(=O)N(Cc2ccc(F)cc2C(=O)OC)C1=O. The Balaban J connectivity index is 2.31. The molecule has 0 aliphatic carbocycles. The zero-order chi connectivity index (χ0) is 17.2. The van der Waals surface area contributed by atoms with Gasteiger partial charge in [0.2, 0.25) is 0 Å². The van der Waals surface area contributed by atoms with Crippen LogP contribution in [0.4, 0.5) is 9.18 Å². The Morgan fingerprint density at radius 2 is 2.04 bits per heavy atom. The van der Waals surface area contributed by atoms with E-state index in [4.69, 9.17) is 4.74 Å². The Hall–Kier alpha value is -2.48. The van der Waals surface area contributed by atoms with E-state index in [2.05, 4.69) is 10.1 Å². The van der Waals surface area contributed by atoms with Crippen molar-refractivity contribution in [3.8, 4) is 0 Å². The molecular formula is C15H17FN2O5. The normalized spacial score (nSPS) is 20.6. The monoisotopic (exact) mass is 324 g/mol. The van der Waals surface area contributed by atoms with Gasteiger partial charge in [0.05, 0.1) is 25.8 Å². The highest BCUT2D eigenvalue weighted by Gasteiger charge is 2.48. The number of nitrogens with one attached hydrogen (secondary N) is 1. The van der Waals surface area contributed by atoms with E-state index in [1.165, 1.54) is 20.3 Å². The molecule has 1 aromatic rings. The molecule has 1 unspecified atom stereocenters. The number of benzene rings is 1.